The number of nitrogens with zero attached hydrogens (tertiary/aromatic N) is 6. The molecule has 0 atom stereocenters. The maximum atomic E-state index is 12.9. The van der Waals surface area contributed by atoms with Crippen molar-refractivity contribution in [2.45, 2.75) is 45.6 Å². The van der Waals surface area contributed by atoms with E-state index in [9.17, 15) is 58.2 Å². The summed E-state index contributed by atoms with van der Waals surface area (Å²) in [5.74, 6) is -0.901. The van der Waals surface area contributed by atoms with E-state index < -0.39 is 115 Å². The van der Waals surface area contributed by atoms with Gasteiger partial charge in [0, 0.05) is 10.1 Å². The molecule has 13 N–H and O–H groups in total. The number of sulfone groups is 1. The summed E-state index contributed by atoms with van der Waals surface area (Å²) in [4.78, 5) is 3.27. The first kappa shape index (κ1) is 52.7. The van der Waals surface area contributed by atoms with Crippen molar-refractivity contribution in [3.05, 3.63) is 72.3 Å². The number of hydrogen-bond donors (Lipinski definition) is 11. The van der Waals surface area contributed by atoms with E-state index >= 15 is 0 Å². The second-order valence-electron chi connectivity index (χ2n) is 12.6. The minimum Gasteiger partial charge on any atom is -0.395 e. The van der Waals surface area contributed by atoms with Crippen LogP contribution in [0.3, 0.4) is 0 Å². The minimum absolute atomic E-state index is 0.0292. The average molecular weight is 1030 g/mol. The SMILES string of the molecule is CCCCS(=O)(=O)c1ccc(N=Nc2c(N)c(N=Nc3ccc(S(O)(O)CCOS(=O)(=O)O)cc3)c(N)c(N=Nc3ccc(SC#COOS(=O)(=O)O)cc3)c2C(O)O)c(S(O)(O)O)c1. The van der Waals surface area contributed by atoms with Crippen molar-refractivity contribution in [3.63, 3.8) is 0 Å². The molecule has 0 spiro atoms. The number of anilines is 2. The average Bonchev–Trinajstić information content (AvgIpc) is 3.21. The van der Waals surface area contributed by atoms with Crippen LogP contribution in [0.5, 0.6) is 0 Å². The van der Waals surface area contributed by atoms with Crippen LogP contribution in [0.1, 0.15) is 31.6 Å². The lowest BCUT2D eigenvalue weighted by Crippen LogP contribution is -2.13. The van der Waals surface area contributed by atoms with Gasteiger partial charge < -0.3 is 35.3 Å². The van der Waals surface area contributed by atoms with Gasteiger partial charge in [0.1, 0.15) is 33.6 Å². The van der Waals surface area contributed by atoms with Gasteiger partial charge in [-0.05, 0) is 89.2 Å². The van der Waals surface area contributed by atoms with Crippen molar-refractivity contribution < 1.29 is 80.7 Å². The zero-order chi connectivity index (χ0) is 48.4. The zero-order valence-corrected chi connectivity index (χ0v) is 37.8. The number of aliphatic hydroxyl groups excluding tert-OH is 1. The Labute approximate surface area is 377 Å². The van der Waals surface area contributed by atoms with E-state index in [1.165, 1.54) is 48.5 Å². The van der Waals surface area contributed by atoms with E-state index in [1.54, 1.807) is 6.92 Å². The smallest absolute Gasteiger partial charge is 0.395 e. The van der Waals surface area contributed by atoms with Crippen LogP contribution >= 0.6 is 33.2 Å². The Kier molecular flexibility index (Phi) is 17.9. The molecular weight excluding hydrogens is 989 g/mol. The summed E-state index contributed by atoms with van der Waals surface area (Å²) < 4.78 is 145. The van der Waals surface area contributed by atoms with Crippen molar-refractivity contribution in [3.8, 4) is 11.4 Å². The number of thioether (sulfide) groups is 1. The molecule has 0 bridgehead atoms. The van der Waals surface area contributed by atoms with Crippen LogP contribution in [0.25, 0.3) is 0 Å². The number of rotatable bonds is 20. The molecule has 0 aliphatic heterocycles. The largest absolute Gasteiger partial charge is 0.433 e. The third kappa shape index (κ3) is 15.6. The second kappa shape index (κ2) is 22.1. The fraction of sp³-hybridized carbons (Fsp3) is 0.212. The van der Waals surface area contributed by atoms with Gasteiger partial charge >= 0.3 is 20.8 Å². The highest BCUT2D eigenvalue weighted by atomic mass is 32.3. The minimum atomic E-state index is -4.89. The molecule has 0 saturated carbocycles. The van der Waals surface area contributed by atoms with E-state index in [4.69, 9.17) is 20.6 Å². The molecule has 4 aromatic rings. The van der Waals surface area contributed by atoms with Crippen LogP contribution in [0.2, 0.25) is 0 Å². The van der Waals surface area contributed by atoms with E-state index in [0.717, 1.165) is 30.0 Å². The first-order valence-electron chi connectivity index (χ1n) is 17.5. The summed E-state index contributed by atoms with van der Waals surface area (Å²) >= 11 is 0.836. The monoisotopic (exact) mass is 1030 g/mol. The molecule has 32 heteroatoms. The molecular formula is C33H38N8O18S6. The Balaban J connectivity index is 1.83. The summed E-state index contributed by atoms with van der Waals surface area (Å²) in [6.45, 7) is 1.00. The standard InChI is InChI=1S/C33H38N8O18S6/c1-2-3-17-61(44,45)24-12-13-25(26(19-24)63(48,49)50)38-40-31-27(33(42)43)30(39-36-20-4-8-22(9-5-20)60-16-14-57-59-65(54,55)56)28(34)32(29(31)35)41-37-21-6-10-23(11-7-21)62(46,47)18-15-58-64(51,52)53/h4-13,19,33,42-43,46-50H,2-3,15,17-18,34-35H2,1H3,(H,51,52,53)(H,54,55,56). The lowest BCUT2D eigenvalue weighted by molar-refractivity contribution is -0.135. The summed E-state index contributed by atoms with van der Waals surface area (Å²) in [7, 11) is -22.0. The van der Waals surface area contributed by atoms with Gasteiger partial charge in [0.2, 0.25) is 0 Å². The van der Waals surface area contributed by atoms with Gasteiger partial charge in [-0.25, -0.2) is 12.6 Å². The summed E-state index contributed by atoms with van der Waals surface area (Å²) in [6.07, 6.45) is 0.192. The molecule has 4 rings (SSSR count). The molecule has 26 nitrogen and oxygen atoms in total. The lowest BCUT2D eigenvalue weighted by Gasteiger charge is -2.31. The molecule has 354 valence electrons. The summed E-state index contributed by atoms with van der Waals surface area (Å²) in [5, 5.41) is 47.8. The highest BCUT2D eigenvalue weighted by molar-refractivity contribution is 8.24. The molecule has 0 heterocycles. The first-order valence-corrected chi connectivity index (χ1v) is 25.9. The molecule has 0 aliphatic rings. The van der Waals surface area contributed by atoms with Crippen molar-refractivity contribution in [1.29, 1.82) is 0 Å². The molecule has 0 fully saturated rings. The maximum Gasteiger partial charge on any atom is 0.433 e. The Bertz CT molecular complexity index is 2850. The Morgan fingerprint density at radius 1 is 0.677 bits per heavy atom. The number of benzene rings is 4. The highest BCUT2D eigenvalue weighted by Crippen LogP contribution is 2.53. The molecule has 0 aliphatic carbocycles. The van der Waals surface area contributed by atoms with Gasteiger partial charge in [0.05, 0.1) is 61.1 Å². The van der Waals surface area contributed by atoms with Crippen LogP contribution in [0, 0.1) is 11.4 Å². The Morgan fingerprint density at radius 3 is 1.74 bits per heavy atom. The molecule has 65 heavy (non-hydrogen) atoms. The molecule has 0 saturated heterocycles. The fourth-order valence-corrected chi connectivity index (χ4v) is 9.28. The van der Waals surface area contributed by atoms with E-state index in [0.29, 0.717) is 11.3 Å². The van der Waals surface area contributed by atoms with Gasteiger partial charge in [-0.1, -0.05) is 13.3 Å². The van der Waals surface area contributed by atoms with Crippen LogP contribution in [0.4, 0.5) is 45.5 Å². The number of hydrogen-bond acceptors (Lipinski definition) is 25. The van der Waals surface area contributed by atoms with Gasteiger partial charge in [-0.3, -0.25) is 23.1 Å². The van der Waals surface area contributed by atoms with E-state index in [-0.39, 0.29) is 33.3 Å². The van der Waals surface area contributed by atoms with Crippen molar-refractivity contribution in [2.75, 3.05) is 29.6 Å². The number of nitrogen functional groups attached to an aromatic ring is 2. The molecule has 4 aromatic carbocycles. The second-order valence-corrected chi connectivity index (χ2v) is 21.3. The number of azo groups is 3. The van der Waals surface area contributed by atoms with Crippen LogP contribution < -0.4 is 11.5 Å². The van der Waals surface area contributed by atoms with Gasteiger partial charge in [0.15, 0.2) is 22.2 Å². The van der Waals surface area contributed by atoms with Crippen LogP contribution in [-0.2, 0) is 44.0 Å². The predicted molar refractivity (Wildman–Crippen MR) is 236 cm³/mol. The topological polar surface area (TPSA) is 438 Å². The molecule has 0 aromatic heterocycles. The van der Waals surface area contributed by atoms with E-state index in [1.807, 2.05) is 6.11 Å². The highest BCUT2D eigenvalue weighted by Gasteiger charge is 2.28. The van der Waals surface area contributed by atoms with Crippen molar-refractivity contribution in [1.82, 2.24) is 0 Å². The number of aliphatic hydroxyl groups is 2. The Hall–Kier alpha value is -4.90. The van der Waals surface area contributed by atoms with Crippen LogP contribution in [-0.4, -0.2) is 85.4 Å². The van der Waals surface area contributed by atoms with Gasteiger partial charge in [0.25, 0.3) is 0 Å². The summed E-state index contributed by atoms with van der Waals surface area (Å²) in [5.41, 5.74) is 9.30. The van der Waals surface area contributed by atoms with Crippen molar-refractivity contribution >= 4 is 109 Å². The first-order chi connectivity index (χ1) is 30.2. The van der Waals surface area contributed by atoms with Crippen LogP contribution in [0.15, 0.2) is 117 Å². The predicted octanol–water partition coefficient (Wildman–Crippen LogP) is 7.93. The quantitative estimate of drug-likeness (QED) is 0.00584. The molecule has 0 radical (unpaired) electrons. The van der Waals surface area contributed by atoms with E-state index in [2.05, 4.69) is 49.3 Å². The number of unbranched alkanes of at least 4 members (excludes halogenated alkanes) is 1. The summed E-state index contributed by atoms with van der Waals surface area (Å²) in [6, 6.07) is 13.6. The third-order valence-corrected chi connectivity index (χ3v) is 13.8. The van der Waals surface area contributed by atoms with Crippen molar-refractivity contribution in [2.24, 2.45) is 30.7 Å². The fourth-order valence-electron chi connectivity index (χ4n) is 4.94. The van der Waals surface area contributed by atoms with Gasteiger partial charge in [-0.2, -0.15) is 37.7 Å². The Morgan fingerprint density at radius 2 is 1.22 bits per heavy atom. The third-order valence-electron chi connectivity index (χ3n) is 7.95. The zero-order valence-electron chi connectivity index (χ0n) is 33.0. The van der Waals surface area contributed by atoms with Gasteiger partial charge in [-0.15, -0.1) is 20.5 Å². The number of nitrogens with two attached hydrogens (primary N) is 2. The maximum absolute atomic E-state index is 12.9. The molecule has 0 unspecified atom stereocenters. The normalized spacial score (nSPS) is 13.5. The molecule has 0 amide bonds. The lowest BCUT2D eigenvalue weighted by atomic mass is 10.0.